The highest BCUT2D eigenvalue weighted by Gasteiger charge is 2.35. The maximum Gasteiger partial charge on any atom is 0.223 e. The predicted molar refractivity (Wildman–Crippen MR) is 113 cm³/mol. The van der Waals surface area contributed by atoms with Crippen LogP contribution in [0.25, 0.3) is 22.6 Å². The fourth-order valence-electron chi connectivity index (χ4n) is 4.58. The van der Waals surface area contributed by atoms with Crippen LogP contribution in [0.3, 0.4) is 0 Å². The molecular formula is C21H26N8O. The zero-order valence-electron chi connectivity index (χ0n) is 17.5. The van der Waals surface area contributed by atoms with Crippen LogP contribution >= 0.6 is 0 Å². The number of hydrogen-bond acceptors (Lipinski definition) is 8. The normalized spacial score (nSPS) is 22.8. The number of aromatic nitrogens is 6. The quantitative estimate of drug-likeness (QED) is 0.688. The van der Waals surface area contributed by atoms with Crippen LogP contribution in [-0.4, -0.2) is 62.5 Å². The second kappa shape index (κ2) is 7.64. The van der Waals surface area contributed by atoms with Crippen LogP contribution in [0.1, 0.15) is 25.7 Å². The van der Waals surface area contributed by atoms with Gasteiger partial charge in [-0.05, 0) is 49.9 Å². The fraction of sp³-hybridized carbons (Fsp3) is 0.476. The van der Waals surface area contributed by atoms with Gasteiger partial charge in [-0.1, -0.05) is 0 Å². The third kappa shape index (κ3) is 3.49. The lowest BCUT2D eigenvalue weighted by molar-refractivity contribution is 0.353. The van der Waals surface area contributed by atoms with Crippen molar-refractivity contribution in [3.8, 4) is 28.5 Å². The number of methoxy groups -OCH3 is 1. The van der Waals surface area contributed by atoms with Crippen LogP contribution in [0.4, 0.5) is 5.82 Å². The highest BCUT2D eigenvalue weighted by Crippen LogP contribution is 2.32. The largest absolute Gasteiger partial charge is 0.480 e. The van der Waals surface area contributed by atoms with Gasteiger partial charge in [0.2, 0.25) is 5.88 Å². The highest BCUT2D eigenvalue weighted by atomic mass is 16.5. The topological polar surface area (TPSA) is 93.9 Å². The van der Waals surface area contributed by atoms with E-state index in [-0.39, 0.29) is 0 Å². The van der Waals surface area contributed by atoms with Gasteiger partial charge in [-0.25, -0.2) is 4.98 Å². The average Bonchev–Trinajstić information content (AvgIpc) is 3.37. The van der Waals surface area contributed by atoms with E-state index in [4.69, 9.17) is 4.74 Å². The van der Waals surface area contributed by atoms with E-state index >= 15 is 0 Å². The molecule has 1 N–H and O–H groups in total. The van der Waals surface area contributed by atoms with Gasteiger partial charge in [0.15, 0.2) is 5.82 Å². The molecule has 2 aliphatic heterocycles. The maximum atomic E-state index is 5.49. The van der Waals surface area contributed by atoms with E-state index in [1.807, 2.05) is 24.3 Å². The van der Waals surface area contributed by atoms with E-state index in [9.17, 15) is 0 Å². The Morgan fingerprint density at radius 3 is 2.43 bits per heavy atom. The Bertz CT molecular complexity index is 1020. The molecule has 0 spiro atoms. The minimum Gasteiger partial charge on any atom is -0.480 e. The molecule has 2 fully saturated rings. The first-order chi connectivity index (χ1) is 14.6. The molecule has 2 saturated heterocycles. The second-order valence-electron chi connectivity index (χ2n) is 8.12. The molecule has 30 heavy (non-hydrogen) atoms. The summed E-state index contributed by atoms with van der Waals surface area (Å²) < 4.78 is 5.49. The van der Waals surface area contributed by atoms with Gasteiger partial charge < -0.3 is 15.0 Å². The second-order valence-corrected chi connectivity index (χ2v) is 8.12. The van der Waals surface area contributed by atoms with E-state index in [0.29, 0.717) is 41.1 Å². The number of anilines is 1. The summed E-state index contributed by atoms with van der Waals surface area (Å²) in [6, 6.07) is 9.63. The van der Waals surface area contributed by atoms with Crippen LogP contribution in [0.15, 0.2) is 30.5 Å². The smallest absolute Gasteiger partial charge is 0.223 e. The third-order valence-electron chi connectivity index (χ3n) is 6.20. The fourth-order valence-corrected chi connectivity index (χ4v) is 4.58. The molecule has 2 unspecified atom stereocenters. The van der Waals surface area contributed by atoms with Crippen molar-refractivity contribution in [1.29, 1.82) is 0 Å². The molecule has 0 saturated carbocycles. The number of nitrogens with zero attached hydrogens (tertiary/aromatic N) is 7. The number of ether oxygens (including phenoxy) is 1. The maximum absolute atomic E-state index is 5.49. The monoisotopic (exact) mass is 406 g/mol. The lowest BCUT2D eigenvalue weighted by atomic mass is 9.98. The molecule has 0 radical (unpaired) electrons. The standard InChI is InChI=1S/C21H26N8O/c1-28(15-10-13-4-5-14(11-15)23-13)20-9-8-18(25-26-20)17-7-6-16(21(24-17)30-3)19-12-22-29(2)27-19/h6-9,12-15,23H,4-5,10-11H2,1-3H3. The Labute approximate surface area is 175 Å². The van der Waals surface area contributed by atoms with Gasteiger partial charge in [-0.2, -0.15) is 15.0 Å². The van der Waals surface area contributed by atoms with Crippen LogP contribution in [0.2, 0.25) is 0 Å². The van der Waals surface area contributed by atoms with Gasteiger partial charge in [0.1, 0.15) is 11.4 Å². The average molecular weight is 406 g/mol. The zero-order valence-corrected chi connectivity index (χ0v) is 17.5. The molecule has 3 aromatic rings. The van der Waals surface area contributed by atoms with Crippen LogP contribution in [-0.2, 0) is 7.05 Å². The van der Waals surface area contributed by atoms with Gasteiger partial charge in [0, 0.05) is 32.2 Å². The van der Waals surface area contributed by atoms with Crippen molar-refractivity contribution in [2.75, 3.05) is 19.1 Å². The minimum absolute atomic E-state index is 0.487. The van der Waals surface area contributed by atoms with Crippen LogP contribution in [0.5, 0.6) is 5.88 Å². The highest BCUT2D eigenvalue weighted by molar-refractivity contribution is 5.68. The molecule has 2 aliphatic rings. The Balaban J connectivity index is 1.36. The lowest BCUT2D eigenvalue weighted by Crippen LogP contribution is -2.47. The van der Waals surface area contributed by atoms with Crippen LogP contribution in [0, 0.1) is 0 Å². The van der Waals surface area contributed by atoms with Gasteiger partial charge in [0.25, 0.3) is 0 Å². The number of hydrogen-bond donors (Lipinski definition) is 1. The molecule has 9 heteroatoms. The van der Waals surface area contributed by atoms with Crippen LogP contribution < -0.4 is 15.0 Å². The zero-order chi connectivity index (χ0) is 20.7. The van der Waals surface area contributed by atoms with E-state index in [1.165, 1.54) is 30.5 Å². The number of piperidine rings is 1. The summed E-state index contributed by atoms with van der Waals surface area (Å²) in [4.78, 5) is 8.40. The molecule has 156 valence electrons. The molecule has 5 rings (SSSR count). The van der Waals surface area contributed by atoms with E-state index in [0.717, 1.165) is 11.4 Å². The summed E-state index contributed by atoms with van der Waals surface area (Å²) in [7, 11) is 5.50. The summed E-state index contributed by atoms with van der Waals surface area (Å²) in [5.74, 6) is 1.38. The molecule has 0 amide bonds. The summed E-state index contributed by atoms with van der Waals surface area (Å²) in [6.45, 7) is 0. The molecule has 3 aromatic heterocycles. The summed E-state index contributed by atoms with van der Waals surface area (Å²) in [5, 5.41) is 21.1. The van der Waals surface area contributed by atoms with Crippen molar-refractivity contribution >= 4 is 5.82 Å². The Morgan fingerprint density at radius 2 is 1.80 bits per heavy atom. The van der Waals surface area contributed by atoms with E-state index in [1.54, 1.807) is 20.4 Å². The summed E-state index contributed by atoms with van der Waals surface area (Å²) in [5.41, 5.74) is 2.93. The predicted octanol–water partition coefficient (Wildman–Crippen LogP) is 2.06. The summed E-state index contributed by atoms with van der Waals surface area (Å²) >= 11 is 0. The lowest BCUT2D eigenvalue weighted by Gasteiger charge is -2.36. The van der Waals surface area contributed by atoms with Gasteiger partial charge in [-0.3, -0.25) is 0 Å². The minimum atomic E-state index is 0.487. The Hall–Kier alpha value is -3.07. The molecule has 0 aliphatic carbocycles. The molecule has 5 heterocycles. The number of nitrogens with one attached hydrogen (secondary N) is 1. The third-order valence-corrected chi connectivity index (χ3v) is 6.20. The van der Waals surface area contributed by atoms with Gasteiger partial charge in [-0.15, -0.1) is 10.2 Å². The van der Waals surface area contributed by atoms with Crippen molar-refractivity contribution < 1.29 is 4.74 Å². The Kier molecular flexibility index (Phi) is 4.82. The van der Waals surface area contributed by atoms with Crippen molar-refractivity contribution in [1.82, 2.24) is 35.5 Å². The van der Waals surface area contributed by atoms with E-state index in [2.05, 4.69) is 42.6 Å². The molecule has 9 nitrogen and oxygen atoms in total. The first kappa shape index (κ1) is 18.9. The van der Waals surface area contributed by atoms with Crippen molar-refractivity contribution in [3.63, 3.8) is 0 Å². The molecule has 2 bridgehead atoms. The first-order valence-corrected chi connectivity index (χ1v) is 10.4. The Morgan fingerprint density at radius 1 is 1.03 bits per heavy atom. The van der Waals surface area contributed by atoms with Crippen molar-refractivity contribution in [2.24, 2.45) is 7.05 Å². The SMILES string of the molecule is COc1nc(-c2ccc(N(C)C3CC4CCC(C3)N4)nn2)ccc1-c1cnn(C)n1. The first-order valence-electron chi connectivity index (χ1n) is 10.4. The summed E-state index contributed by atoms with van der Waals surface area (Å²) in [6.07, 6.45) is 6.60. The number of fused-ring (bicyclic) bond motifs is 2. The molecule has 2 atom stereocenters. The van der Waals surface area contributed by atoms with Crippen molar-refractivity contribution in [3.05, 3.63) is 30.5 Å². The molecular weight excluding hydrogens is 380 g/mol. The van der Waals surface area contributed by atoms with Crippen molar-refractivity contribution in [2.45, 2.75) is 43.8 Å². The van der Waals surface area contributed by atoms with Gasteiger partial charge >= 0.3 is 0 Å². The molecule has 0 aromatic carbocycles. The number of aryl methyl sites for hydroxylation is 1. The van der Waals surface area contributed by atoms with E-state index < -0.39 is 0 Å². The number of rotatable bonds is 5. The number of pyridine rings is 1. The van der Waals surface area contributed by atoms with Gasteiger partial charge in [0.05, 0.1) is 24.6 Å².